The van der Waals surface area contributed by atoms with Crippen LogP contribution in [0.4, 0.5) is 13.2 Å². The summed E-state index contributed by atoms with van der Waals surface area (Å²) in [7, 11) is 1.72. The Kier molecular flexibility index (Phi) is 4.77. The summed E-state index contributed by atoms with van der Waals surface area (Å²) < 4.78 is 38.1. The van der Waals surface area contributed by atoms with E-state index in [0.29, 0.717) is 18.4 Å². The highest BCUT2D eigenvalue weighted by Crippen LogP contribution is 2.32. The van der Waals surface area contributed by atoms with Crippen LogP contribution < -0.4 is 5.73 Å². The number of amides is 1. The molecule has 122 valence electrons. The lowest BCUT2D eigenvalue weighted by molar-refractivity contribution is -0.137. The number of aliphatic hydroxyl groups excluding tert-OH is 1. The first-order chi connectivity index (χ1) is 10.2. The normalized spacial score (nSPS) is 25.6. The van der Waals surface area contributed by atoms with Gasteiger partial charge in [0.25, 0.3) is 0 Å². The van der Waals surface area contributed by atoms with Crippen LogP contribution in [0.15, 0.2) is 24.3 Å². The molecule has 0 saturated heterocycles. The van der Waals surface area contributed by atoms with E-state index in [1.165, 1.54) is 6.07 Å². The number of likely N-dealkylation sites (N-methyl/N-ethyl adjacent to an activating group) is 1. The van der Waals surface area contributed by atoms with Crippen LogP contribution in [0.1, 0.15) is 24.0 Å². The summed E-state index contributed by atoms with van der Waals surface area (Å²) in [5.41, 5.74) is 5.04. The second-order valence-electron chi connectivity index (χ2n) is 5.76. The van der Waals surface area contributed by atoms with Crippen LogP contribution in [0.5, 0.6) is 0 Å². The first-order valence-corrected chi connectivity index (χ1v) is 7.04. The van der Waals surface area contributed by atoms with Gasteiger partial charge in [0.15, 0.2) is 0 Å². The Morgan fingerprint density at radius 1 is 1.41 bits per heavy atom. The maximum atomic E-state index is 12.7. The van der Waals surface area contributed by atoms with Crippen LogP contribution in [0, 0.1) is 5.92 Å². The molecule has 4 nitrogen and oxygen atoms in total. The van der Waals surface area contributed by atoms with E-state index in [0.717, 1.165) is 12.1 Å². The molecule has 0 spiro atoms. The van der Waals surface area contributed by atoms with Gasteiger partial charge in [0.1, 0.15) is 0 Å². The lowest BCUT2D eigenvalue weighted by atomic mass is 10.0. The van der Waals surface area contributed by atoms with Gasteiger partial charge < -0.3 is 10.8 Å². The Labute approximate surface area is 126 Å². The summed E-state index contributed by atoms with van der Waals surface area (Å²) in [6, 6.07) is 4.81. The van der Waals surface area contributed by atoms with Crippen LogP contribution in [0.25, 0.3) is 0 Å². The molecule has 3 atom stereocenters. The van der Waals surface area contributed by atoms with Gasteiger partial charge in [-0.2, -0.15) is 13.2 Å². The molecular weight excluding hydrogens is 297 g/mol. The number of alkyl halides is 3. The van der Waals surface area contributed by atoms with Crippen LogP contribution >= 0.6 is 0 Å². The molecule has 1 aromatic carbocycles. The van der Waals surface area contributed by atoms with Crippen molar-refractivity contribution in [1.29, 1.82) is 0 Å². The number of nitrogens with two attached hydrogens (primary N) is 1. The average Bonchev–Trinajstić information content (AvgIpc) is 2.80. The van der Waals surface area contributed by atoms with E-state index in [4.69, 9.17) is 5.73 Å². The fourth-order valence-corrected chi connectivity index (χ4v) is 3.00. The van der Waals surface area contributed by atoms with Crippen molar-refractivity contribution < 1.29 is 23.1 Å². The SMILES string of the molecule is CN(Cc1cccc(C(F)(F)F)c1)[C@@H]1CC[C@@H](C(N)=O)[C@@H]1O. The number of rotatable bonds is 4. The molecule has 0 aromatic heterocycles. The zero-order chi connectivity index (χ0) is 16.5. The monoisotopic (exact) mass is 316 g/mol. The molecule has 0 radical (unpaired) electrons. The Hall–Kier alpha value is -1.60. The number of hydrogen-bond acceptors (Lipinski definition) is 3. The number of halogens is 3. The van der Waals surface area contributed by atoms with E-state index in [2.05, 4.69) is 0 Å². The molecule has 1 saturated carbocycles. The molecule has 22 heavy (non-hydrogen) atoms. The molecule has 1 aromatic rings. The van der Waals surface area contributed by atoms with E-state index in [1.807, 2.05) is 0 Å². The molecule has 1 aliphatic carbocycles. The van der Waals surface area contributed by atoms with Gasteiger partial charge in [-0.1, -0.05) is 18.2 Å². The lowest BCUT2D eigenvalue weighted by Gasteiger charge is -2.28. The smallest absolute Gasteiger partial charge is 0.391 e. The van der Waals surface area contributed by atoms with E-state index < -0.39 is 29.7 Å². The molecule has 0 heterocycles. The molecule has 1 fully saturated rings. The first kappa shape index (κ1) is 16.8. The molecule has 2 rings (SSSR count). The molecular formula is C15H19F3N2O2. The van der Waals surface area contributed by atoms with Crippen LogP contribution in [0.2, 0.25) is 0 Å². The van der Waals surface area contributed by atoms with Gasteiger partial charge in [-0.3, -0.25) is 9.69 Å². The van der Waals surface area contributed by atoms with E-state index >= 15 is 0 Å². The summed E-state index contributed by atoms with van der Waals surface area (Å²) >= 11 is 0. The van der Waals surface area contributed by atoms with Crippen molar-refractivity contribution in [3.63, 3.8) is 0 Å². The summed E-state index contributed by atoms with van der Waals surface area (Å²) in [6.07, 6.45) is -4.18. The number of aliphatic hydroxyl groups is 1. The Bertz CT molecular complexity index is 548. The zero-order valence-electron chi connectivity index (χ0n) is 12.2. The van der Waals surface area contributed by atoms with Gasteiger partial charge in [0, 0.05) is 12.6 Å². The Balaban J connectivity index is 2.07. The highest BCUT2D eigenvalue weighted by atomic mass is 19.4. The second kappa shape index (κ2) is 6.26. The third-order valence-electron chi connectivity index (χ3n) is 4.20. The molecule has 0 bridgehead atoms. The first-order valence-electron chi connectivity index (χ1n) is 7.04. The molecule has 1 amide bonds. The lowest BCUT2D eigenvalue weighted by Crippen LogP contribution is -2.42. The van der Waals surface area contributed by atoms with Gasteiger partial charge in [0.2, 0.25) is 5.91 Å². The fraction of sp³-hybridized carbons (Fsp3) is 0.533. The summed E-state index contributed by atoms with van der Waals surface area (Å²) in [4.78, 5) is 13.0. The van der Waals surface area contributed by atoms with Gasteiger partial charge in [-0.25, -0.2) is 0 Å². The van der Waals surface area contributed by atoms with Crippen molar-refractivity contribution in [2.75, 3.05) is 7.05 Å². The van der Waals surface area contributed by atoms with Crippen molar-refractivity contribution in [3.8, 4) is 0 Å². The van der Waals surface area contributed by atoms with Crippen molar-refractivity contribution in [3.05, 3.63) is 35.4 Å². The molecule has 7 heteroatoms. The minimum Gasteiger partial charge on any atom is -0.391 e. The summed E-state index contributed by atoms with van der Waals surface area (Å²) in [5, 5.41) is 10.1. The fourth-order valence-electron chi connectivity index (χ4n) is 3.00. The molecule has 1 aliphatic rings. The largest absolute Gasteiger partial charge is 0.416 e. The quantitative estimate of drug-likeness (QED) is 0.889. The van der Waals surface area contributed by atoms with Gasteiger partial charge in [0.05, 0.1) is 17.6 Å². The number of carbonyl (C=O) groups excluding carboxylic acids is 1. The zero-order valence-corrected chi connectivity index (χ0v) is 12.2. The van der Waals surface area contributed by atoms with Crippen molar-refractivity contribution in [2.45, 2.75) is 37.7 Å². The highest BCUT2D eigenvalue weighted by Gasteiger charge is 2.40. The molecule has 3 N–H and O–H groups in total. The van der Waals surface area contributed by atoms with E-state index in [1.54, 1.807) is 18.0 Å². The van der Waals surface area contributed by atoms with Gasteiger partial charge >= 0.3 is 6.18 Å². The minimum absolute atomic E-state index is 0.261. The Morgan fingerprint density at radius 2 is 2.09 bits per heavy atom. The molecule has 0 unspecified atom stereocenters. The van der Waals surface area contributed by atoms with Crippen LogP contribution in [0.3, 0.4) is 0 Å². The number of hydrogen-bond donors (Lipinski definition) is 2. The van der Waals surface area contributed by atoms with Crippen LogP contribution in [-0.4, -0.2) is 35.1 Å². The van der Waals surface area contributed by atoms with Crippen molar-refractivity contribution in [2.24, 2.45) is 11.7 Å². The minimum atomic E-state index is -4.38. The van der Waals surface area contributed by atoms with E-state index in [9.17, 15) is 23.1 Å². The average molecular weight is 316 g/mol. The summed E-state index contributed by atoms with van der Waals surface area (Å²) in [6.45, 7) is 0.261. The van der Waals surface area contributed by atoms with Crippen LogP contribution in [-0.2, 0) is 17.5 Å². The van der Waals surface area contributed by atoms with Gasteiger partial charge in [-0.05, 0) is 31.5 Å². The highest BCUT2D eigenvalue weighted by molar-refractivity contribution is 5.77. The number of carbonyl (C=O) groups is 1. The molecule has 0 aliphatic heterocycles. The number of benzene rings is 1. The summed E-state index contributed by atoms with van der Waals surface area (Å²) in [5.74, 6) is -1.13. The predicted octanol–water partition coefficient (Wildman–Crippen LogP) is 1.76. The predicted molar refractivity (Wildman–Crippen MR) is 74.6 cm³/mol. The maximum Gasteiger partial charge on any atom is 0.416 e. The second-order valence-corrected chi connectivity index (χ2v) is 5.76. The maximum absolute atomic E-state index is 12.7. The standard InChI is InChI=1S/C15H19F3N2O2/c1-20(12-6-5-11(13(12)21)14(19)22)8-9-3-2-4-10(7-9)15(16,17)18/h2-4,7,11-13,21H,5-6,8H2,1H3,(H2,19,22)/t11-,12-,13+/m1/s1. The number of primary amides is 1. The third-order valence-corrected chi connectivity index (χ3v) is 4.20. The Morgan fingerprint density at radius 3 is 2.64 bits per heavy atom. The third kappa shape index (κ3) is 3.59. The number of nitrogens with zero attached hydrogens (tertiary/aromatic N) is 1. The van der Waals surface area contributed by atoms with E-state index in [-0.39, 0.29) is 12.6 Å². The van der Waals surface area contributed by atoms with Crippen molar-refractivity contribution in [1.82, 2.24) is 4.90 Å². The van der Waals surface area contributed by atoms with Gasteiger partial charge in [-0.15, -0.1) is 0 Å². The topological polar surface area (TPSA) is 66.6 Å². The van der Waals surface area contributed by atoms with Crippen molar-refractivity contribution >= 4 is 5.91 Å².